The van der Waals surface area contributed by atoms with Crippen molar-refractivity contribution in [3.8, 4) is 0 Å². The second-order valence-corrected chi connectivity index (χ2v) is 6.52. The molecule has 0 radical (unpaired) electrons. The maximum absolute atomic E-state index is 12.2. The van der Waals surface area contributed by atoms with Gasteiger partial charge in [0.1, 0.15) is 6.10 Å². The molecule has 1 aliphatic rings. The zero-order valence-corrected chi connectivity index (χ0v) is 15.1. The second-order valence-electron chi connectivity index (χ2n) is 6.52. The number of amides is 1. The molecule has 4 atom stereocenters. The normalized spacial score (nSPS) is 19.9. The van der Waals surface area contributed by atoms with Gasteiger partial charge in [-0.1, -0.05) is 49.3 Å². The summed E-state index contributed by atoms with van der Waals surface area (Å²) in [5.74, 6) is -1.46. The number of benzene rings is 1. The van der Waals surface area contributed by atoms with Gasteiger partial charge in [-0.2, -0.15) is 0 Å². The van der Waals surface area contributed by atoms with E-state index in [2.05, 4.69) is 10.5 Å². The zero-order valence-electron chi connectivity index (χ0n) is 15.1. The number of hydrogen-bond acceptors (Lipinski definition) is 7. The molecule has 0 aromatic heterocycles. The maximum atomic E-state index is 12.2. The van der Waals surface area contributed by atoms with Gasteiger partial charge < -0.3 is 25.7 Å². The lowest BCUT2D eigenvalue weighted by molar-refractivity contribution is -0.147. The van der Waals surface area contributed by atoms with Crippen molar-refractivity contribution < 1.29 is 24.3 Å². The van der Waals surface area contributed by atoms with Gasteiger partial charge in [0.15, 0.2) is 12.1 Å². The number of nitrogens with two attached hydrogens (primary N) is 1. The molecule has 0 saturated carbocycles. The van der Waals surface area contributed by atoms with Crippen molar-refractivity contribution in [3.05, 3.63) is 35.9 Å². The molecule has 1 aliphatic heterocycles. The summed E-state index contributed by atoms with van der Waals surface area (Å²) < 4.78 is 4.70. The first-order valence-electron chi connectivity index (χ1n) is 8.44. The summed E-state index contributed by atoms with van der Waals surface area (Å²) in [6.07, 6.45) is -1.43. The first-order valence-corrected chi connectivity index (χ1v) is 8.44. The first kappa shape index (κ1) is 19.9. The zero-order chi connectivity index (χ0) is 19.3. The van der Waals surface area contributed by atoms with Crippen molar-refractivity contribution in [2.45, 2.75) is 44.6 Å². The molecule has 4 N–H and O–H groups in total. The number of oxime groups is 1. The molecule has 1 aromatic carbocycles. The van der Waals surface area contributed by atoms with Crippen LogP contribution in [0.2, 0.25) is 0 Å². The average molecular weight is 363 g/mol. The predicted octanol–water partition coefficient (Wildman–Crippen LogP) is 0.506. The largest absolute Gasteiger partial charge is 0.467 e. The molecule has 26 heavy (non-hydrogen) atoms. The Labute approximate surface area is 152 Å². The van der Waals surface area contributed by atoms with Crippen molar-refractivity contribution in [2.75, 3.05) is 7.11 Å². The molecule has 2 rings (SSSR count). The molecule has 1 amide bonds. The molecule has 8 nitrogen and oxygen atoms in total. The molecule has 0 fully saturated rings. The molecule has 1 heterocycles. The fourth-order valence-electron chi connectivity index (χ4n) is 2.56. The number of aliphatic hydroxyl groups excluding tert-OH is 1. The number of nitrogens with zero attached hydrogens (tertiary/aromatic N) is 1. The third-order valence-electron chi connectivity index (χ3n) is 4.29. The van der Waals surface area contributed by atoms with Gasteiger partial charge in [-0.25, -0.2) is 4.79 Å². The van der Waals surface area contributed by atoms with E-state index in [0.717, 1.165) is 5.56 Å². The number of carbonyl (C=O) groups is 2. The van der Waals surface area contributed by atoms with Crippen LogP contribution in [-0.2, 0) is 19.2 Å². The molecule has 0 saturated heterocycles. The number of aliphatic hydroxyl groups is 1. The van der Waals surface area contributed by atoms with E-state index in [9.17, 15) is 14.7 Å². The molecule has 142 valence electrons. The number of hydrogen-bond donors (Lipinski definition) is 3. The monoisotopic (exact) mass is 363 g/mol. The van der Waals surface area contributed by atoms with Crippen molar-refractivity contribution in [1.82, 2.24) is 5.32 Å². The molecule has 8 heteroatoms. The van der Waals surface area contributed by atoms with Crippen molar-refractivity contribution in [1.29, 1.82) is 0 Å². The summed E-state index contributed by atoms with van der Waals surface area (Å²) in [6.45, 7) is 3.57. The molecular weight excluding hydrogens is 338 g/mol. The van der Waals surface area contributed by atoms with E-state index in [4.69, 9.17) is 15.3 Å². The lowest BCUT2D eigenvalue weighted by Gasteiger charge is -2.24. The van der Waals surface area contributed by atoms with E-state index < -0.39 is 30.1 Å². The van der Waals surface area contributed by atoms with Crippen LogP contribution in [0.25, 0.3) is 0 Å². The Morgan fingerprint density at radius 2 is 2.00 bits per heavy atom. The van der Waals surface area contributed by atoms with E-state index in [1.165, 1.54) is 7.11 Å². The van der Waals surface area contributed by atoms with Gasteiger partial charge in [0.2, 0.25) is 5.91 Å². The van der Waals surface area contributed by atoms with Crippen molar-refractivity contribution in [2.24, 2.45) is 16.8 Å². The average Bonchev–Trinajstić information content (AvgIpc) is 3.15. The van der Waals surface area contributed by atoms with Crippen LogP contribution in [0.5, 0.6) is 0 Å². The van der Waals surface area contributed by atoms with Crippen LogP contribution >= 0.6 is 0 Å². The first-order chi connectivity index (χ1) is 12.3. The summed E-state index contributed by atoms with van der Waals surface area (Å²) in [5, 5.41) is 16.9. The van der Waals surface area contributed by atoms with Crippen molar-refractivity contribution >= 4 is 17.6 Å². The van der Waals surface area contributed by atoms with Gasteiger partial charge in [0.05, 0.1) is 18.9 Å². The van der Waals surface area contributed by atoms with Gasteiger partial charge in [-0.05, 0) is 11.5 Å². The number of nitrogens with one attached hydrogen (secondary N) is 1. The molecule has 0 spiro atoms. The van der Waals surface area contributed by atoms with Crippen molar-refractivity contribution in [3.63, 3.8) is 0 Å². The van der Waals surface area contributed by atoms with Crippen LogP contribution in [0, 0.1) is 5.92 Å². The van der Waals surface area contributed by atoms with Crippen LogP contribution in [0.15, 0.2) is 35.5 Å². The molecular formula is C18H25N3O5. The minimum Gasteiger partial charge on any atom is -0.467 e. The van der Waals surface area contributed by atoms with Gasteiger partial charge in [0, 0.05) is 6.42 Å². The number of rotatable bonds is 7. The second kappa shape index (κ2) is 8.77. The number of carbonyl (C=O) groups excluding carboxylic acids is 2. The SMILES string of the molecule is COC(=O)[C@H](NC(=O)[C@H](N)C(C)C)[C@@H](O)C1=NO[C@@H](c2ccccc2)C1. The smallest absolute Gasteiger partial charge is 0.331 e. The summed E-state index contributed by atoms with van der Waals surface area (Å²) in [7, 11) is 1.18. The Morgan fingerprint density at radius 1 is 1.35 bits per heavy atom. The minimum absolute atomic E-state index is 0.125. The number of methoxy groups -OCH3 is 1. The molecule has 0 bridgehead atoms. The Morgan fingerprint density at radius 3 is 2.58 bits per heavy atom. The lowest BCUT2D eigenvalue weighted by atomic mass is 9.97. The predicted molar refractivity (Wildman–Crippen MR) is 95.1 cm³/mol. The minimum atomic E-state index is -1.38. The van der Waals surface area contributed by atoms with Gasteiger partial charge >= 0.3 is 5.97 Å². The van der Waals surface area contributed by atoms with Crippen LogP contribution in [-0.4, -0.2) is 48.0 Å². The standard InChI is InChI=1S/C18H25N3O5/c1-10(2)14(19)17(23)20-15(18(24)25-3)16(22)12-9-13(26-21-12)11-7-5-4-6-8-11/h4-8,10,13-16,22H,9,19H2,1-3H3,(H,20,23)/t13-,14-,15-,16+/m1/s1. The molecule has 0 unspecified atom stereocenters. The van der Waals surface area contributed by atoms with E-state index in [0.29, 0.717) is 6.42 Å². The van der Waals surface area contributed by atoms with Crippen LogP contribution in [0.1, 0.15) is 31.9 Å². The fraction of sp³-hybridized carbons (Fsp3) is 0.500. The van der Waals surface area contributed by atoms with Crippen LogP contribution < -0.4 is 11.1 Å². The highest BCUT2D eigenvalue weighted by Gasteiger charge is 2.38. The quantitative estimate of drug-likeness (QED) is 0.607. The highest BCUT2D eigenvalue weighted by molar-refractivity contribution is 5.97. The summed E-state index contributed by atoms with van der Waals surface area (Å²) in [4.78, 5) is 29.6. The topological polar surface area (TPSA) is 123 Å². The van der Waals surface area contributed by atoms with E-state index >= 15 is 0 Å². The van der Waals surface area contributed by atoms with E-state index in [1.807, 2.05) is 30.3 Å². The highest BCUT2D eigenvalue weighted by atomic mass is 16.6. The molecule has 1 aromatic rings. The Bertz CT molecular complexity index is 662. The third-order valence-corrected chi connectivity index (χ3v) is 4.29. The number of ether oxygens (including phenoxy) is 1. The van der Waals surface area contributed by atoms with E-state index in [1.54, 1.807) is 13.8 Å². The summed E-state index contributed by atoms with van der Waals surface area (Å²) in [5.41, 5.74) is 6.96. The van der Waals surface area contributed by atoms with Gasteiger partial charge in [-0.15, -0.1) is 0 Å². The number of esters is 1. The fourth-order valence-corrected chi connectivity index (χ4v) is 2.56. The Kier molecular flexibility index (Phi) is 6.70. The Hall–Kier alpha value is -2.45. The third kappa shape index (κ3) is 4.59. The van der Waals surface area contributed by atoms with Gasteiger partial charge in [-0.3, -0.25) is 4.79 Å². The summed E-state index contributed by atoms with van der Waals surface area (Å²) in [6, 6.07) is 7.28. The highest BCUT2D eigenvalue weighted by Crippen LogP contribution is 2.28. The van der Waals surface area contributed by atoms with E-state index in [-0.39, 0.29) is 17.7 Å². The lowest BCUT2D eigenvalue weighted by Crippen LogP contribution is -2.56. The summed E-state index contributed by atoms with van der Waals surface area (Å²) >= 11 is 0. The maximum Gasteiger partial charge on any atom is 0.331 e. The molecule has 0 aliphatic carbocycles. The Balaban J connectivity index is 2.08. The van der Waals surface area contributed by atoms with Crippen LogP contribution in [0.4, 0.5) is 0 Å². The van der Waals surface area contributed by atoms with Crippen LogP contribution in [0.3, 0.4) is 0 Å². The van der Waals surface area contributed by atoms with Gasteiger partial charge in [0.25, 0.3) is 0 Å².